The van der Waals surface area contributed by atoms with Gasteiger partial charge >= 0.3 is 5.97 Å². The number of amides is 1. The second-order valence-electron chi connectivity index (χ2n) is 7.50. The number of ether oxygens (including phenoxy) is 3. The molecular weight excluding hydrogens is 428 g/mol. The van der Waals surface area contributed by atoms with E-state index in [4.69, 9.17) is 14.2 Å². The number of esters is 1. The van der Waals surface area contributed by atoms with Crippen molar-refractivity contribution in [2.24, 2.45) is 0 Å². The van der Waals surface area contributed by atoms with Gasteiger partial charge in [0.05, 0.1) is 6.61 Å². The van der Waals surface area contributed by atoms with Crippen molar-refractivity contribution in [3.05, 3.63) is 48.6 Å². The van der Waals surface area contributed by atoms with Crippen LogP contribution in [0.1, 0.15) is 20.3 Å². The smallest absolute Gasteiger partial charge is 0.338 e. The highest BCUT2D eigenvalue weighted by Crippen LogP contribution is 2.27. The minimum absolute atomic E-state index is 0.0375. The third-order valence-corrected chi connectivity index (χ3v) is 5.42. The van der Waals surface area contributed by atoms with Gasteiger partial charge in [-0.3, -0.25) is 19.7 Å². The van der Waals surface area contributed by atoms with Gasteiger partial charge in [-0.15, -0.1) is 0 Å². The summed E-state index contributed by atoms with van der Waals surface area (Å²) in [6.45, 7) is 3.57. The van der Waals surface area contributed by atoms with E-state index in [2.05, 4.69) is 5.32 Å². The van der Waals surface area contributed by atoms with E-state index in [1.165, 1.54) is 11.0 Å². The predicted molar refractivity (Wildman–Crippen MR) is 119 cm³/mol. The number of Topliss-reactive ketones (excluding diaryl/α,β-unsaturated/α-hetero) is 2. The summed E-state index contributed by atoms with van der Waals surface area (Å²) < 4.78 is 16.4. The Morgan fingerprint density at radius 2 is 1.76 bits per heavy atom. The van der Waals surface area contributed by atoms with Gasteiger partial charge < -0.3 is 19.1 Å². The van der Waals surface area contributed by atoms with Crippen LogP contribution in [0.25, 0.3) is 0 Å². The molecule has 3 rings (SSSR count). The van der Waals surface area contributed by atoms with Gasteiger partial charge in [0.25, 0.3) is 5.91 Å². The normalized spacial score (nSPS) is 21.2. The van der Waals surface area contributed by atoms with Gasteiger partial charge in [0.15, 0.2) is 29.4 Å². The van der Waals surface area contributed by atoms with Crippen LogP contribution in [0.3, 0.4) is 0 Å². The fourth-order valence-corrected chi connectivity index (χ4v) is 3.64. The summed E-state index contributed by atoms with van der Waals surface area (Å²) in [5.74, 6) is -1.05. The lowest BCUT2D eigenvalue weighted by Gasteiger charge is -2.25. The van der Waals surface area contributed by atoms with Crippen LogP contribution in [-0.2, 0) is 23.9 Å². The summed E-state index contributed by atoms with van der Waals surface area (Å²) >= 11 is 0. The van der Waals surface area contributed by atoms with Crippen molar-refractivity contribution >= 4 is 23.4 Å². The maximum absolute atomic E-state index is 12.9. The second kappa shape index (κ2) is 10.9. The molecule has 0 fully saturated rings. The maximum Gasteiger partial charge on any atom is 0.338 e. The molecule has 2 aliphatic rings. The van der Waals surface area contributed by atoms with Crippen molar-refractivity contribution < 1.29 is 33.4 Å². The zero-order valence-corrected chi connectivity index (χ0v) is 18.7. The van der Waals surface area contributed by atoms with Gasteiger partial charge in [0.1, 0.15) is 12.6 Å². The molecule has 1 unspecified atom stereocenters. The molecule has 1 aromatic rings. The Morgan fingerprint density at radius 3 is 2.36 bits per heavy atom. The molecule has 2 atom stereocenters. The van der Waals surface area contributed by atoms with Crippen LogP contribution in [0.4, 0.5) is 0 Å². The van der Waals surface area contributed by atoms with Crippen molar-refractivity contribution in [2.45, 2.75) is 31.8 Å². The molecular formula is C24H28N2O7. The molecule has 33 heavy (non-hydrogen) atoms. The molecule has 0 saturated heterocycles. The lowest BCUT2D eigenvalue weighted by molar-refractivity contribution is -0.153. The molecule has 176 valence electrons. The van der Waals surface area contributed by atoms with E-state index < -0.39 is 29.9 Å². The molecule has 0 aromatic heterocycles. The van der Waals surface area contributed by atoms with Gasteiger partial charge in [-0.1, -0.05) is 37.3 Å². The summed E-state index contributed by atoms with van der Waals surface area (Å²) in [6, 6.07) is 6.04. The Labute approximate surface area is 192 Å². The highest BCUT2D eigenvalue weighted by atomic mass is 16.5. The molecule has 9 nitrogen and oxygen atoms in total. The van der Waals surface area contributed by atoms with Crippen molar-refractivity contribution in [3.63, 3.8) is 0 Å². The first-order valence-electron chi connectivity index (χ1n) is 10.9. The second-order valence-corrected chi connectivity index (χ2v) is 7.50. The van der Waals surface area contributed by atoms with Crippen molar-refractivity contribution in [2.75, 3.05) is 32.9 Å². The fraction of sp³-hybridized carbons (Fsp3) is 0.417. The van der Waals surface area contributed by atoms with E-state index in [1.807, 2.05) is 0 Å². The number of hydrogen-bond acceptors (Lipinski definition) is 8. The number of nitrogens with zero attached hydrogens (tertiary/aromatic N) is 1. The summed E-state index contributed by atoms with van der Waals surface area (Å²) in [5, 5.41) is 2.86. The molecule has 2 aliphatic heterocycles. The lowest BCUT2D eigenvalue weighted by Crippen LogP contribution is -2.56. The van der Waals surface area contributed by atoms with Crippen LogP contribution in [-0.4, -0.2) is 72.8 Å². The number of carbonyl (C=O) groups excluding carboxylic acids is 4. The monoisotopic (exact) mass is 456 g/mol. The van der Waals surface area contributed by atoms with E-state index in [-0.39, 0.29) is 36.4 Å². The molecule has 9 heteroatoms. The van der Waals surface area contributed by atoms with Crippen molar-refractivity contribution in [1.82, 2.24) is 10.2 Å². The highest BCUT2D eigenvalue weighted by molar-refractivity contribution is 6.12. The first-order chi connectivity index (χ1) is 15.9. The fourth-order valence-electron chi connectivity index (χ4n) is 3.64. The molecule has 0 radical (unpaired) electrons. The molecule has 0 saturated carbocycles. The third-order valence-electron chi connectivity index (χ3n) is 5.42. The maximum atomic E-state index is 12.9. The Kier molecular flexibility index (Phi) is 8.00. The molecule has 1 N–H and O–H groups in total. The van der Waals surface area contributed by atoms with Crippen LogP contribution in [0.2, 0.25) is 0 Å². The molecule has 0 spiro atoms. The summed E-state index contributed by atoms with van der Waals surface area (Å²) in [6.07, 6.45) is 7.00. The lowest BCUT2D eigenvalue weighted by atomic mass is 9.96. The number of nitrogens with one attached hydrogen (secondary N) is 1. The van der Waals surface area contributed by atoms with E-state index in [9.17, 15) is 19.2 Å². The number of carbonyl (C=O) groups is 4. The summed E-state index contributed by atoms with van der Waals surface area (Å²) in [5.41, 5.74) is -1.58. The molecule has 1 amide bonds. The SMILES string of the molecule is CCOC(=O)C1(C(=O)COc2ccccc2OCC(=O)N2CC=C[C@@H]2C(=O)CC)C=CCN1. The molecule has 0 aliphatic carbocycles. The topological polar surface area (TPSA) is 111 Å². The Hall–Kier alpha value is -3.46. The van der Waals surface area contributed by atoms with Crippen LogP contribution in [0.15, 0.2) is 48.6 Å². The number of rotatable bonds is 11. The first kappa shape index (κ1) is 24.2. The van der Waals surface area contributed by atoms with Crippen LogP contribution in [0, 0.1) is 0 Å². The number of benzene rings is 1. The average Bonchev–Trinajstić information content (AvgIpc) is 3.52. The van der Waals surface area contributed by atoms with Crippen molar-refractivity contribution in [3.8, 4) is 11.5 Å². The summed E-state index contributed by atoms with van der Waals surface area (Å²) in [7, 11) is 0. The van der Waals surface area contributed by atoms with Gasteiger partial charge in [-0.25, -0.2) is 4.79 Å². The minimum atomic E-state index is -1.58. The first-order valence-corrected chi connectivity index (χ1v) is 10.9. The number of ketones is 2. The summed E-state index contributed by atoms with van der Waals surface area (Å²) in [4.78, 5) is 51.4. The van der Waals surface area contributed by atoms with E-state index in [0.717, 1.165) is 0 Å². The standard InChI is InChI=1S/C24H28N2O7/c1-3-18(27)17-9-7-14-26(17)22(29)16-33-20-11-6-5-10-19(20)32-15-21(28)24(12-8-13-25-24)23(30)31-4-2/h5-12,17,25H,3-4,13-16H2,1-2H3/t17-,24?/m1/s1. The van der Waals surface area contributed by atoms with Gasteiger partial charge in [0.2, 0.25) is 5.78 Å². The third kappa shape index (κ3) is 5.31. The van der Waals surface area contributed by atoms with E-state index in [0.29, 0.717) is 19.5 Å². The van der Waals surface area contributed by atoms with E-state index >= 15 is 0 Å². The zero-order chi connectivity index (χ0) is 23.8. The minimum Gasteiger partial charge on any atom is -0.482 e. The molecule has 2 heterocycles. The van der Waals surface area contributed by atoms with Gasteiger partial charge in [0, 0.05) is 19.5 Å². The van der Waals surface area contributed by atoms with Crippen LogP contribution >= 0.6 is 0 Å². The average molecular weight is 456 g/mol. The quantitative estimate of drug-likeness (QED) is 0.301. The van der Waals surface area contributed by atoms with Gasteiger partial charge in [-0.2, -0.15) is 0 Å². The Balaban J connectivity index is 1.62. The van der Waals surface area contributed by atoms with Crippen molar-refractivity contribution in [1.29, 1.82) is 0 Å². The number of para-hydroxylation sites is 2. The van der Waals surface area contributed by atoms with Crippen LogP contribution < -0.4 is 14.8 Å². The molecule has 0 bridgehead atoms. The Bertz CT molecular complexity index is 971. The zero-order valence-electron chi connectivity index (χ0n) is 18.7. The molecule has 1 aromatic carbocycles. The predicted octanol–water partition coefficient (Wildman–Crippen LogP) is 1.22. The van der Waals surface area contributed by atoms with Crippen LogP contribution in [0.5, 0.6) is 11.5 Å². The van der Waals surface area contributed by atoms with E-state index in [1.54, 1.807) is 56.3 Å². The Morgan fingerprint density at radius 1 is 1.06 bits per heavy atom. The largest absolute Gasteiger partial charge is 0.482 e. The number of hydrogen-bond donors (Lipinski definition) is 1. The van der Waals surface area contributed by atoms with Gasteiger partial charge in [-0.05, 0) is 25.1 Å². The highest BCUT2D eigenvalue weighted by Gasteiger charge is 2.46.